The van der Waals surface area contributed by atoms with Crippen molar-refractivity contribution in [3.05, 3.63) is 35.6 Å². The number of carbonyl (C=O) groups excluding carboxylic acids is 1. The van der Waals surface area contributed by atoms with Crippen molar-refractivity contribution in [2.75, 3.05) is 13.1 Å². The van der Waals surface area contributed by atoms with Gasteiger partial charge in [0.25, 0.3) is 5.91 Å². The summed E-state index contributed by atoms with van der Waals surface area (Å²) < 4.78 is 12.9. The van der Waals surface area contributed by atoms with Crippen molar-refractivity contribution in [2.45, 2.75) is 31.8 Å². The molecule has 0 unspecified atom stereocenters. The predicted molar refractivity (Wildman–Crippen MR) is 72.9 cm³/mol. The molecule has 0 bridgehead atoms. The molecule has 1 aromatic carbocycles. The molecule has 0 aromatic heterocycles. The molecule has 1 fully saturated rings. The number of rotatable bonds is 2. The monoisotopic (exact) mass is 276 g/mol. The Morgan fingerprint density at radius 2 is 1.95 bits per heavy atom. The lowest BCUT2D eigenvalue weighted by molar-refractivity contribution is -0.152. The van der Waals surface area contributed by atoms with Crippen molar-refractivity contribution in [3.63, 3.8) is 0 Å². The van der Waals surface area contributed by atoms with Crippen LogP contribution in [0.25, 0.3) is 0 Å². The van der Waals surface area contributed by atoms with Crippen LogP contribution < -0.4 is 0 Å². The first kappa shape index (κ1) is 13.1. The van der Waals surface area contributed by atoms with E-state index in [0.717, 1.165) is 31.5 Å². The highest BCUT2D eigenvalue weighted by molar-refractivity contribution is 6.05. The summed E-state index contributed by atoms with van der Waals surface area (Å²) in [4.78, 5) is 19.7. The van der Waals surface area contributed by atoms with Gasteiger partial charge in [0.15, 0.2) is 0 Å². The second-order valence-electron chi connectivity index (χ2n) is 5.54. The van der Waals surface area contributed by atoms with E-state index in [9.17, 15) is 9.18 Å². The quantitative estimate of drug-likeness (QED) is 0.832. The van der Waals surface area contributed by atoms with Gasteiger partial charge in [-0.05, 0) is 37.5 Å². The molecule has 4 nitrogen and oxygen atoms in total. The number of hydrogen-bond acceptors (Lipinski definition) is 3. The lowest BCUT2D eigenvalue weighted by Crippen LogP contribution is -2.46. The van der Waals surface area contributed by atoms with Crippen LogP contribution in [-0.4, -0.2) is 35.2 Å². The molecule has 5 heteroatoms. The maximum atomic E-state index is 12.9. The van der Waals surface area contributed by atoms with Gasteiger partial charge >= 0.3 is 0 Å². The minimum atomic E-state index is -0.923. The molecule has 1 atom stereocenters. The second kappa shape index (κ2) is 4.89. The van der Waals surface area contributed by atoms with E-state index in [1.807, 2.05) is 4.90 Å². The van der Waals surface area contributed by atoms with Crippen molar-refractivity contribution in [1.29, 1.82) is 0 Å². The van der Waals surface area contributed by atoms with E-state index in [1.165, 1.54) is 12.1 Å². The highest BCUT2D eigenvalue weighted by atomic mass is 19.1. The molecular weight excluding hydrogens is 259 g/mol. The normalized spacial score (nSPS) is 25.5. The number of carbonyl (C=O) groups is 1. The van der Waals surface area contributed by atoms with E-state index >= 15 is 0 Å². The summed E-state index contributed by atoms with van der Waals surface area (Å²) in [7, 11) is 0. The highest BCUT2D eigenvalue weighted by Crippen LogP contribution is 2.29. The van der Waals surface area contributed by atoms with Gasteiger partial charge in [-0.2, -0.15) is 0 Å². The number of hydrogen-bond donors (Lipinski definition) is 0. The Morgan fingerprint density at radius 1 is 1.30 bits per heavy atom. The first-order valence-electron chi connectivity index (χ1n) is 6.89. The molecule has 0 spiro atoms. The van der Waals surface area contributed by atoms with Crippen LogP contribution >= 0.6 is 0 Å². The smallest absolute Gasteiger partial charge is 0.269 e. The Morgan fingerprint density at radius 3 is 2.60 bits per heavy atom. The summed E-state index contributed by atoms with van der Waals surface area (Å²) in [6.45, 7) is 3.36. The Balaban J connectivity index is 1.73. The van der Waals surface area contributed by atoms with Crippen LogP contribution in [0.2, 0.25) is 0 Å². The summed E-state index contributed by atoms with van der Waals surface area (Å²) in [6.07, 6.45) is 2.52. The lowest BCUT2D eigenvalue weighted by atomic mass is 9.94. The predicted octanol–water partition coefficient (Wildman–Crippen LogP) is 2.33. The fourth-order valence-corrected chi connectivity index (χ4v) is 2.71. The van der Waals surface area contributed by atoms with Gasteiger partial charge in [0.1, 0.15) is 5.82 Å². The molecule has 1 aromatic rings. The molecule has 2 aliphatic rings. The van der Waals surface area contributed by atoms with Crippen molar-refractivity contribution < 1.29 is 14.0 Å². The fraction of sp³-hybridized carbons (Fsp3) is 0.467. The summed E-state index contributed by atoms with van der Waals surface area (Å²) in [5.41, 5.74) is 0.568. The maximum absolute atomic E-state index is 12.9. The van der Waals surface area contributed by atoms with Crippen LogP contribution in [0.3, 0.4) is 0 Å². The molecule has 2 heterocycles. The Bertz CT molecular complexity index is 549. The van der Waals surface area contributed by atoms with E-state index in [1.54, 1.807) is 19.1 Å². The zero-order chi connectivity index (χ0) is 14.2. The van der Waals surface area contributed by atoms with Crippen LogP contribution in [0.5, 0.6) is 0 Å². The first-order chi connectivity index (χ1) is 9.58. The minimum Gasteiger partial charge on any atom is -0.379 e. The molecular formula is C15H17FN2O2. The van der Waals surface area contributed by atoms with Gasteiger partial charge in [-0.15, -0.1) is 0 Å². The average Bonchev–Trinajstić information content (AvgIpc) is 3.09. The molecule has 0 saturated carbocycles. The van der Waals surface area contributed by atoms with E-state index in [-0.39, 0.29) is 11.7 Å². The maximum Gasteiger partial charge on any atom is 0.269 e. The Kier molecular flexibility index (Phi) is 3.20. The van der Waals surface area contributed by atoms with E-state index in [2.05, 4.69) is 5.16 Å². The Hall–Kier alpha value is -1.91. The van der Waals surface area contributed by atoms with Gasteiger partial charge in [-0.3, -0.25) is 4.79 Å². The van der Waals surface area contributed by atoms with Gasteiger partial charge in [0.2, 0.25) is 5.60 Å². The van der Waals surface area contributed by atoms with Gasteiger partial charge < -0.3 is 9.74 Å². The highest BCUT2D eigenvalue weighted by Gasteiger charge is 2.45. The summed E-state index contributed by atoms with van der Waals surface area (Å²) in [5.74, 6) is -0.292. The third kappa shape index (κ3) is 2.28. The van der Waals surface area contributed by atoms with Crippen molar-refractivity contribution in [1.82, 2.24) is 4.90 Å². The molecule has 1 saturated heterocycles. The third-order valence-electron chi connectivity index (χ3n) is 3.89. The second-order valence-corrected chi connectivity index (χ2v) is 5.54. The van der Waals surface area contributed by atoms with Gasteiger partial charge in [-0.1, -0.05) is 17.3 Å². The molecule has 0 N–H and O–H groups in total. The SMILES string of the molecule is C[C@]1(C(=O)N2CCCC2)CC(c2ccc(F)cc2)=NO1. The Labute approximate surface area is 117 Å². The zero-order valence-electron chi connectivity index (χ0n) is 11.4. The number of amides is 1. The number of likely N-dealkylation sites (tertiary alicyclic amines) is 1. The number of oxime groups is 1. The van der Waals surface area contributed by atoms with Crippen LogP contribution in [0, 0.1) is 5.82 Å². The van der Waals surface area contributed by atoms with E-state index in [0.29, 0.717) is 12.1 Å². The molecule has 3 rings (SSSR count). The summed E-state index contributed by atoms with van der Waals surface area (Å²) in [6, 6.07) is 6.08. The van der Waals surface area contributed by atoms with Crippen LogP contribution in [-0.2, 0) is 9.63 Å². The first-order valence-corrected chi connectivity index (χ1v) is 6.89. The van der Waals surface area contributed by atoms with Crippen molar-refractivity contribution in [3.8, 4) is 0 Å². The van der Waals surface area contributed by atoms with Gasteiger partial charge in [0.05, 0.1) is 5.71 Å². The summed E-state index contributed by atoms with van der Waals surface area (Å²) in [5, 5.41) is 4.03. The molecule has 20 heavy (non-hydrogen) atoms. The van der Waals surface area contributed by atoms with Crippen molar-refractivity contribution in [2.24, 2.45) is 5.16 Å². The topological polar surface area (TPSA) is 41.9 Å². The van der Waals surface area contributed by atoms with Gasteiger partial charge in [-0.25, -0.2) is 4.39 Å². The van der Waals surface area contributed by atoms with E-state index in [4.69, 9.17) is 4.84 Å². The number of benzene rings is 1. The van der Waals surface area contributed by atoms with Crippen molar-refractivity contribution >= 4 is 11.6 Å². The van der Waals surface area contributed by atoms with Crippen LogP contribution in [0.4, 0.5) is 4.39 Å². The number of nitrogens with zero attached hydrogens (tertiary/aromatic N) is 2. The molecule has 0 radical (unpaired) electrons. The van der Waals surface area contributed by atoms with Gasteiger partial charge in [0, 0.05) is 19.5 Å². The largest absolute Gasteiger partial charge is 0.379 e. The fourth-order valence-electron chi connectivity index (χ4n) is 2.71. The average molecular weight is 276 g/mol. The minimum absolute atomic E-state index is 0.00383. The van der Waals surface area contributed by atoms with Crippen LogP contribution in [0.15, 0.2) is 29.4 Å². The van der Waals surface area contributed by atoms with Crippen LogP contribution in [0.1, 0.15) is 31.7 Å². The molecule has 1 amide bonds. The zero-order valence-corrected chi connectivity index (χ0v) is 11.4. The van der Waals surface area contributed by atoms with E-state index < -0.39 is 5.60 Å². The molecule has 2 aliphatic heterocycles. The number of halogens is 1. The molecule has 106 valence electrons. The molecule has 0 aliphatic carbocycles. The summed E-state index contributed by atoms with van der Waals surface area (Å²) >= 11 is 0. The lowest BCUT2D eigenvalue weighted by Gasteiger charge is -2.26. The standard InChI is InChI=1S/C15H17FN2O2/c1-15(14(19)18-8-2-3-9-18)10-13(17-20-15)11-4-6-12(16)7-5-11/h4-7H,2-3,8-10H2,1H3/t15-/m1/s1. The third-order valence-corrected chi connectivity index (χ3v) is 3.89.